The summed E-state index contributed by atoms with van der Waals surface area (Å²) in [6.45, 7) is 2.54. The van der Waals surface area contributed by atoms with Crippen LogP contribution in [0.1, 0.15) is 17.3 Å². The number of benzene rings is 2. The van der Waals surface area contributed by atoms with Crippen molar-refractivity contribution in [1.29, 1.82) is 0 Å². The molecule has 0 saturated heterocycles. The molecule has 1 aliphatic rings. The number of hydrogen-bond donors (Lipinski definition) is 0. The summed E-state index contributed by atoms with van der Waals surface area (Å²) >= 11 is 7.07. The predicted molar refractivity (Wildman–Crippen MR) is 94.2 cm³/mol. The molecule has 5 heteroatoms. The molecule has 1 aliphatic heterocycles. The lowest BCUT2D eigenvalue weighted by Crippen LogP contribution is -2.39. The normalized spacial score (nSPS) is 13.7. The van der Waals surface area contributed by atoms with Crippen molar-refractivity contribution in [3.05, 3.63) is 54.1 Å². The first-order valence-corrected chi connectivity index (χ1v) is 8.42. The van der Waals surface area contributed by atoms with E-state index in [1.165, 1.54) is 0 Å². The molecular weight excluding hydrogens is 314 g/mol. The molecule has 2 aromatic rings. The van der Waals surface area contributed by atoms with Crippen LogP contribution < -0.4 is 9.64 Å². The molecule has 0 radical (unpaired) electrons. The van der Waals surface area contributed by atoms with Gasteiger partial charge < -0.3 is 4.74 Å². The number of ether oxygens (including phenoxy) is 1. The molecule has 0 bridgehead atoms. The Morgan fingerprint density at radius 1 is 1.23 bits per heavy atom. The van der Waals surface area contributed by atoms with Gasteiger partial charge in [0.2, 0.25) is 0 Å². The zero-order valence-electron chi connectivity index (χ0n) is 12.1. The summed E-state index contributed by atoms with van der Waals surface area (Å²) in [6.07, 6.45) is 0. The first-order chi connectivity index (χ1) is 10.7. The molecule has 22 heavy (non-hydrogen) atoms. The largest absolute Gasteiger partial charge is 0.494 e. The second-order valence-electron chi connectivity index (χ2n) is 4.75. The van der Waals surface area contributed by atoms with Crippen LogP contribution in [0, 0.1) is 0 Å². The Labute approximate surface area is 139 Å². The molecule has 0 saturated carbocycles. The number of thioether (sulfide) groups is 1. The van der Waals surface area contributed by atoms with Crippen molar-refractivity contribution in [2.75, 3.05) is 17.3 Å². The summed E-state index contributed by atoms with van der Waals surface area (Å²) in [5.74, 6) is 1.31. The van der Waals surface area contributed by atoms with Crippen molar-refractivity contribution in [3.63, 3.8) is 0 Å². The molecule has 1 heterocycles. The van der Waals surface area contributed by atoms with Crippen LogP contribution in [0.5, 0.6) is 5.75 Å². The maximum Gasteiger partial charge on any atom is 0.263 e. The molecule has 1 amide bonds. The minimum atomic E-state index is -0.0965. The first kappa shape index (κ1) is 15.1. The number of anilines is 1. The highest BCUT2D eigenvalue weighted by atomic mass is 32.2. The quantitative estimate of drug-likeness (QED) is 0.791. The standard InChI is InChI=1S/C17H15NO2S2/c1-2-20-13-9-7-12(8-10-13)17(19)18-14-5-3-4-6-15(14)22-11-16(18)21/h3-10H,2,11H2,1H3. The lowest BCUT2D eigenvalue weighted by Gasteiger charge is -2.29. The fourth-order valence-electron chi connectivity index (χ4n) is 2.31. The van der Waals surface area contributed by atoms with E-state index in [0.717, 1.165) is 16.3 Å². The number of para-hydroxylation sites is 1. The second kappa shape index (κ2) is 6.50. The van der Waals surface area contributed by atoms with Crippen molar-refractivity contribution in [2.45, 2.75) is 11.8 Å². The summed E-state index contributed by atoms with van der Waals surface area (Å²) in [7, 11) is 0. The number of thiocarbonyl (C=S) groups is 1. The van der Waals surface area contributed by atoms with Crippen LogP contribution in [0.3, 0.4) is 0 Å². The Hall–Kier alpha value is -1.85. The number of carbonyl (C=O) groups is 1. The maximum atomic E-state index is 12.8. The van der Waals surface area contributed by atoms with Gasteiger partial charge in [-0.3, -0.25) is 9.69 Å². The number of nitrogens with zero attached hydrogens (tertiary/aromatic N) is 1. The summed E-state index contributed by atoms with van der Waals surface area (Å²) in [6, 6.07) is 15.0. The van der Waals surface area contributed by atoms with E-state index in [4.69, 9.17) is 17.0 Å². The van der Waals surface area contributed by atoms with E-state index < -0.39 is 0 Å². The zero-order chi connectivity index (χ0) is 15.5. The van der Waals surface area contributed by atoms with E-state index in [0.29, 0.717) is 22.9 Å². The van der Waals surface area contributed by atoms with Crippen LogP contribution in [0.25, 0.3) is 0 Å². The molecule has 3 nitrogen and oxygen atoms in total. The summed E-state index contributed by atoms with van der Waals surface area (Å²) in [5.41, 5.74) is 1.47. The molecule has 0 fully saturated rings. The Morgan fingerprint density at radius 3 is 2.68 bits per heavy atom. The summed E-state index contributed by atoms with van der Waals surface area (Å²) < 4.78 is 5.41. The monoisotopic (exact) mass is 329 g/mol. The van der Waals surface area contributed by atoms with Crippen LogP contribution >= 0.6 is 24.0 Å². The average molecular weight is 329 g/mol. The van der Waals surface area contributed by atoms with Crippen molar-refractivity contribution < 1.29 is 9.53 Å². The van der Waals surface area contributed by atoms with E-state index in [-0.39, 0.29) is 5.91 Å². The lowest BCUT2D eigenvalue weighted by molar-refractivity contribution is 0.100. The summed E-state index contributed by atoms with van der Waals surface area (Å²) in [4.78, 5) is 16.2. The smallest absolute Gasteiger partial charge is 0.263 e. The van der Waals surface area contributed by atoms with E-state index in [1.807, 2.05) is 43.3 Å². The van der Waals surface area contributed by atoms with Gasteiger partial charge in [-0.15, -0.1) is 11.8 Å². The highest BCUT2D eigenvalue weighted by Crippen LogP contribution is 2.36. The Bertz CT molecular complexity index is 713. The fraction of sp³-hybridized carbons (Fsp3) is 0.176. The fourth-order valence-corrected chi connectivity index (χ4v) is 3.56. The third kappa shape index (κ3) is 2.87. The van der Waals surface area contributed by atoms with Crippen molar-refractivity contribution in [2.24, 2.45) is 0 Å². The Kier molecular flexibility index (Phi) is 4.45. The topological polar surface area (TPSA) is 29.5 Å². The van der Waals surface area contributed by atoms with Gasteiger partial charge >= 0.3 is 0 Å². The Morgan fingerprint density at radius 2 is 1.95 bits per heavy atom. The molecule has 3 rings (SSSR count). The number of amides is 1. The molecule has 0 N–H and O–H groups in total. The molecule has 2 aromatic carbocycles. The Balaban J connectivity index is 1.92. The minimum Gasteiger partial charge on any atom is -0.494 e. The molecule has 0 atom stereocenters. The molecule has 0 aliphatic carbocycles. The second-order valence-corrected chi connectivity index (χ2v) is 6.24. The van der Waals surface area contributed by atoms with Gasteiger partial charge in [0.1, 0.15) is 10.7 Å². The minimum absolute atomic E-state index is 0.0965. The van der Waals surface area contributed by atoms with Crippen LogP contribution in [-0.2, 0) is 0 Å². The van der Waals surface area contributed by atoms with E-state index in [2.05, 4.69) is 0 Å². The number of fused-ring (bicyclic) bond motifs is 1. The predicted octanol–water partition coefficient (Wildman–Crippen LogP) is 4.17. The number of rotatable bonds is 3. The van der Waals surface area contributed by atoms with Crippen molar-refractivity contribution in [3.8, 4) is 5.75 Å². The van der Waals surface area contributed by atoms with Gasteiger partial charge in [0.15, 0.2) is 0 Å². The molecule has 112 valence electrons. The van der Waals surface area contributed by atoms with Gasteiger partial charge in [0.25, 0.3) is 5.91 Å². The first-order valence-electron chi connectivity index (χ1n) is 7.02. The van der Waals surface area contributed by atoms with Crippen LogP contribution in [0.15, 0.2) is 53.4 Å². The molecule has 0 aromatic heterocycles. The van der Waals surface area contributed by atoms with Crippen LogP contribution in [0.2, 0.25) is 0 Å². The van der Waals surface area contributed by atoms with Gasteiger partial charge in [-0.05, 0) is 43.3 Å². The van der Waals surface area contributed by atoms with E-state index in [9.17, 15) is 4.79 Å². The van der Waals surface area contributed by atoms with Crippen molar-refractivity contribution >= 4 is 40.6 Å². The average Bonchev–Trinajstić information content (AvgIpc) is 2.55. The van der Waals surface area contributed by atoms with E-state index in [1.54, 1.807) is 28.8 Å². The lowest BCUT2D eigenvalue weighted by atomic mass is 10.1. The maximum absolute atomic E-state index is 12.8. The number of carbonyl (C=O) groups excluding carboxylic acids is 1. The summed E-state index contributed by atoms with van der Waals surface area (Å²) in [5, 5.41) is 0. The van der Waals surface area contributed by atoms with Gasteiger partial charge in [0, 0.05) is 16.2 Å². The van der Waals surface area contributed by atoms with E-state index >= 15 is 0 Å². The van der Waals surface area contributed by atoms with Gasteiger partial charge in [-0.1, -0.05) is 24.4 Å². The highest BCUT2D eigenvalue weighted by Gasteiger charge is 2.27. The van der Waals surface area contributed by atoms with Crippen LogP contribution in [-0.4, -0.2) is 23.3 Å². The third-order valence-electron chi connectivity index (χ3n) is 3.32. The number of hydrogen-bond acceptors (Lipinski definition) is 4. The zero-order valence-corrected chi connectivity index (χ0v) is 13.7. The SMILES string of the molecule is CCOc1ccc(C(=O)N2C(=S)CSc3ccccc32)cc1. The van der Waals surface area contributed by atoms with Gasteiger partial charge in [0.05, 0.1) is 12.3 Å². The van der Waals surface area contributed by atoms with Gasteiger partial charge in [-0.2, -0.15) is 0 Å². The van der Waals surface area contributed by atoms with Gasteiger partial charge in [-0.25, -0.2) is 0 Å². The molecule has 0 spiro atoms. The highest BCUT2D eigenvalue weighted by molar-refractivity contribution is 8.01. The molecule has 0 unspecified atom stereocenters. The molecular formula is C17H15NO2S2. The van der Waals surface area contributed by atoms with Crippen LogP contribution in [0.4, 0.5) is 5.69 Å². The van der Waals surface area contributed by atoms with Crippen molar-refractivity contribution in [1.82, 2.24) is 0 Å². The third-order valence-corrected chi connectivity index (χ3v) is 4.91.